The Morgan fingerprint density at radius 1 is 1.13 bits per heavy atom. The molecule has 238 valence electrons. The number of aromatic nitrogens is 2. The molecule has 3 aliphatic rings. The van der Waals surface area contributed by atoms with Crippen LogP contribution in [0.25, 0.3) is 10.9 Å². The van der Waals surface area contributed by atoms with E-state index in [1.54, 1.807) is 35.0 Å². The quantitative estimate of drug-likeness (QED) is 0.200. The highest BCUT2D eigenvalue weighted by Gasteiger charge is 2.69. The highest BCUT2D eigenvalue weighted by molar-refractivity contribution is 6.31. The summed E-state index contributed by atoms with van der Waals surface area (Å²) in [5.41, 5.74) is 1.41. The second kappa shape index (κ2) is 11.0. The number of anilines is 1. The van der Waals surface area contributed by atoms with Crippen molar-refractivity contribution in [3.63, 3.8) is 0 Å². The molecule has 0 aliphatic carbocycles. The first-order chi connectivity index (χ1) is 22.7. The molecule has 4 aromatic carbocycles. The maximum Gasteiger partial charge on any atom is 0.335 e. The lowest BCUT2D eigenvalue weighted by Crippen LogP contribution is -2.52. The highest BCUT2D eigenvalue weighted by Crippen LogP contribution is 2.63. The summed E-state index contributed by atoms with van der Waals surface area (Å²) in [6.07, 6.45) is 0. The number of likely N-dealkylation sites (tertiary alicyclic amines) is 1. The zero-order valence-corrected chi connectivity index (χ0v) is 26.4. The third-order valence-electron chi connectivity index (χ3n) is 9.48. The predicted molar refractivity (Wildman–Crippen MR) is 174 cm³/mol. The fourth-order valence-electron chi connectivity index (χ4n) is 7.70. The third-order valence-corrected chi connectivity index (χ3v) is 10.0. The van der Waals surface area contributed by atoms with E-state index in [0.29, 0.717) is 45.4 Å². The molecule has 12 heteroatoms. The van der Waals surface area contributed by atoms with Crippen molar-refractivity contribution in [2.45, 2.75) is 37.0 Å². The fraction of sp³-hybridized carbons (Fsp3) is 0.229. The summed E-state index contributed by atoms with van der Waals surface area (Å²) in [7, 11) is 0. The number of rotatable bonds is 6. The van der Waals surface area contributed by atoms with E-state index in [9.17, 15) is 14.7 Å². The van der Waals surface area contributed by atoms with E-state index in [2.05, 4.69) is 10.2 Å². The van der Waals surface area contributed by atoms with Crippen LogP contribution in [0.5, 0.6) is 11.6 Å². The molecule has 4 heterocycles. The van der Waals surface area contributed by atoms with Gasteiger partial charge in [0.15, 0.2) is 0 Å². The van der Waals surface area contributed by atoms with Gasteiger partial charge in [-0.05, 0) is 66.6 Å². The van der Waals surface area contributed by atoms with Crippen LogP contribution >= 0.6 is 23.2 Å². The summed E-state index contributed by atoms with van der Waals surface area (Å²) in [5, 5.41) is 18.5. The summed E-state index contributed by atoms with van der Waals surface area (Å²) in [4.78, 5) is 28.7. The summed E-state index contributed by atoms with van der Waals surface area (Å²) in [5.74, 6) is -1.89. The number of carbonyl (C=O) groups is 2. The number of fused-ring (bicyclic) bond motifs is 7. The van der Waals surface area contributed by atoms with Crippen LogP contribution in [0.15, 0.2) is 78.9 Å². The van der Waals surface area contributed by atoms with E-state index in [4.69, 9.17) is 37.8 Å². The molecule has 9 nitrogen and oxygen atoms in total. The molecular weight excluding hydrogens is 646 g/mol. The average Bonchev–Trinajstić information content (AvgIpc) is 3.66. The summed E-state index contributed by atoms with van der Waals surface area (Å²) < 4.78 is 30.3. The minimum atomic E-state index is -1.46. The van der Waals surface area contributed by atoms with Gasteiger partial charge in [-0.1, -0.05) is 53.5 Å². The van der Waals surface area contributed by atoms with Crippen molar-refractivity contribution >= 4 is 51.7 Å². The minimum absolute atomic E-state index is 0.0733. The fourth-order valence-corrected chi connectivity index (χ4v) is 8.06. The van der Waals surface area contributed by atoms with Crippen molar-refractivity contribution in [1.82, 2.24) is 14.7 Å². The van der Waals surface area contributed by atoms with Gasteiger partial charge < -0.3 is 19.9 Å². The number of ether oxygens (including phenoxy) is 2. The van der Waals surface area contributed by atoms with E-state index < -0.39 is 35.3 Å². The van der Waals surface area contributed by atoms with E-state index in [1.807, 2.05) is 37.3 Å². The SMILES string of the molecule is CCOc1cccc(CN2[C@H]3COc4c5cc(C(=O)O)ccc5nn4[C@H]3[C@H](c3cccc(Cl)c3F)[C@]23C(=O)Nc2cc(Cl)ccc23)c1. The number of aromatic carboxylic acids is 1. The molecule has 1 aromatic heterocycles. The van der Waals surface area contributed by atoms with Crippen LogP contribution in [0.2, 0.25) is 10.0 Å². The topological polar surface area (TPSA) is 106 Å². The molecule has 1 fully saturated rings. The van der Waals surface area contributed by atoms with E-state index in [0.717, 1.165) is 5.56 Å². The maximum atomic E-state index is 16.4. The largest absolute Gasteiger partial charge is 0.494 e. The number of hydrogen-bond donors (Lipinski definition) is 2. The zero-order valence-electron chi connectivity index (χ0n) is 24.9. The molecule has 8 rings (SSSR count). The lowest BCUT2D eigenvalue weighted by molar-refractivity contribution is -0.128. The van der Waals surface area contributed by atoms with Crippen LogP contribution in [0.4, 0.5) is 10.1 Å². The Bertz CT molecular complexity index is 2120. The zero-order chi connectivity index (χ0) is 32.6. The lowest BCUT2D eigenvalue weighted by Gasteiger charge is -2.39. The van der Waals surface area contributed by atoms with E-state index >= 15 is 4.39 Å². The number of amides is 1. The molecule has 5 aromatic rings. The summed E-state index contributed by atoms with van der Waals surface area (Å²) in [6, 6.07) is 21.2. The summed E-state index contributed by atoms with van der Waals surface area (Å²) >= 11 is 12.8. The van der Waals surface area contributed by atoms with Gasteiger partial charge in [-0.3, -0.25) is 9.69 Å². The Hall–Kier alpha value is -4.64. The number of nitrogens with one attached hydrogen (secondary N) is 1. The maximum absolute atomic E-state index is 16.4. The Morgan fingerprint density at radius 2 is 1.96 bits per heavy atom. The van der Waals surface area contributed by atoms with Crippen molar-refractivity contribution in [2.75, 3.05) is 18.5 Å². The molecule has 47 heavy (non-hydrogen) atoms. The standard InChI is InChI=1S/C35H27Cl2FN4O5/c1-2-46-21-6-3-5-18(13-21)16-41-28-17-47-32-23-14-19(33(43)44)9-12-26(23)40-42(32)31(28)29(22-7-4-8-25(37)30(22)38)35(41)24-11-10-20(36)15-27(24)39-34(35)45/h3-15,28-29,31H,2,16-17H2,1H3,(H,39,45)(H,43,44)/t28-,29-,31+,35+/m0/s1. The molecular formula is C35H27Cl2FN4O5. The number of nitrogens with zero attached hydrogens (tertiary/aromatic N) is 3. The molecule has 1 saturated heterocycles. The van der Waals surface area contributed by atoms with Gasteiger partial charge in [0.25, 0.3) is 0 Å². The van der Waals surface area contributed by atoms with Crippen LogP contribution in [-0.4, -0.2) is 50.9 Å². The van der Waals surface area contributed by atoms with Crippen LogP contribution in [0.3, 0.4) is 0 Å². The van der Waals surface area contributed by atoms with Gasteiger partial charge >= 0.3 is 5.97 Å². The van der Waals surface area contributed by atoms with Gasteiger partial charge in [-0.25, -0.2) is 13.9 Å². The van der Waals surface area contributed by atoms with Crippen molar-refractivity contribution in [3.05, 3.63) is 117 Å². The molecule has 4 atom stereocenters. The molecule has 2 N–H and O–H groups in total. The molecule has 1 amide bonds. The Balaban J connectivity index is 1.42. The molecule has 3 aliphatic heterocycles. The monoisotopic (exact) mass is 672 g/mol. The smallest absolute Gasteiger partial charge is 0.335 e. The van der Waals surface area contributed by atoms with Crippen molar-refractivity contribution < 1.29 is 28.6 Å². The number of carboxylic acids is 1. The number of carbonyl (C=O) groups excluding carboxylic acids is 1. The van der Waals surface area contributed by atoms with Crippen LogP contribution in [0.1, 0.15) is 45.9 Å². The Labute approximate surface area is 278 Å². The van der Waals surface area contributed by atoms with Gasteiger partial charge in [-0.2, -0.15) is 5.10 Å². The Morgan fingerprint density at radius 3 is 2.77 bits per heavy atom. The molecule has 1 spiro atoms. The van der Waals surface area contributed by atoms with Gasteiger partial charge in [-0.15, -0.1) is 0 Å². The second-order valence-corrected chi connectivity index (χ2v) is 12.7. The lowest BCUT2D eigenvalue weighted by atomic mass is 9.73. The number of carboxylic acid groups (broad SMARTS) is 1. The first-order valence-electron chi connectivity index (χ1n) is 15.1. The third kappa shape index (κ3) is 4.35. The van der Waals surface area contributed by atoms with Gasteiger partial charge in [0.1, 0.15) is 23.7 Å². The van der Waals surface area contributed by atoms with Crippen LogP contribution in [-0.2, 0) is 16.9 Å². The van der Waals surface area contributed by atoms with E-state index in [1.165, 1.54) is 18.2 Å². The second-order valence-electron chi connectivity index (χ2n) is 11.9. The summed E-state index contributed by atoms with van der Waals surface area (Å²) in [6.45, 7) is 2.79. The predicted octanol–water partition coefficient (Wildman–Crippen LogP) is 7.03. The Kier molecular flexibility index (Phi) is 6.94. The van der Waals surface area contributed by atoms with Crippen LogP contribution in [0, 0.1) is 5.82 Å². The number of halogens is 3. The number of benzene rings is 4. The molecule has 0 saturated carbocycles. The first kappa shape index (κ1) is 29.7. The first-order valence-corrected chi connectivity index (χ1v) is 15.9. The molecule has 0 radical (unpaired) electrons. The minimum Gasteiger partial charge on any atom is -0.494 e. The van der Waals surface area contributed by atoms with Crippen molar-refractivity contribution in [1.29, 1.82) is 0 Å². The molecule has 0 unspecified atom stereocenters. The van der Waals surface area contributed by atoms with Crippen molar-refractivity contribution in [2.24, 2.45) is 0 Å². The highest BCUT2D eigenvalue weighted by atomic mass is 35.5. The van der Waals surface area contributed by atoms with Crippen molar-refractivity contribution in [3.8, 4) is 11.6 Å². The van der Waals surface area contributed by atoms with Crippen LogP contribution < -0.4 is 14.8 Å². The van der Waals surface area contributed by atoms with E-state index in [-0.39, 0.29) is 35.2 Å². The number of hydrogen-bond acceptors (Lipinski definition) is 6. The van der Waals surface area contributed by atoms with Gasteiger partial charge in [0, 0.05) is 28.7 Å². The van der Waals surface area contributed by atoms with Gasteiger partial charge in [0.05, 0.1) is 40.2 Å². The average molecular weight is 674 g/mol. The van der Waals surface area contributed by atoms with Gasteiger partial charge in [0.2, 0.25) is 11.8 Å². The normalized spacial score (nSPS) is 22.9. The molecule has 0 bridgehead atoms.